The molecule has 0 spiro atoms. The highest BCUT2D eigenvalue weighted by Gasteiger charge is 2.86. The van der Waals surface area contributed by atoms with Crippen LogP contribution in [0.1, 0.15) is 51.4 Å². The van der Waals surface area contributed by atoms with Gasteiger partial charge in [-0.3, -0.25) is 0 Å². The van der Waals surface area contributed by atoms with E-state index in [1.165, 1.54) is 6.92 Å². The topological polar surface area (TPSA) is 155 Å². The van der Waals surface area contributed by atoms with Crippen LogP contribution in [0.5, 0.6) is 0 Å². The molecular formula is C29H38O10. The molecule has 2 heterocycles. The van der Waals surface area contributed by atoms with E-state index < -0.39 is 88.5 Å². The number of hydrogen-bond acceptors (Lipinski definition) is 10. The van der Waals surface area contributed by atoms with Gasteiger partial charge in [-0.1, -0.05) is 38.6 Å². The van der Waals surface area contributed by atoms with Gasteiger partial charge in [0.15, 0.2) is 5.60 Å². The smallest absolute Gasteiger partial charge is 0.338 e. The summed E-state index contributed by atoms with van der Waals surface area (Å²) in [6.07, 6.45) is -6.96. The van der Waals surface area contributed by atoms with E-state index in [2.05, 4.69) is 6.58 Å². The van der Waals surface area contributed by atoms with E-state index in [4.69, 9.17) is 18.9 Å². The summed E-state index contributed by atoms with van der Waals surface area (Å²) in [5.74, 6) is -5.64. The number of esters is 1. The van der Waals surface area contributed by atoms with Crippen molar-refractivity contribution >= 4 is 5.97 Å². The number of hydrogen-bond donors (Lipinski definition) is 5. The van der Waals surface area contributed by atoms with Gasteiger partial charge >= 0.3 is 5.97 Å². The van der Waals surface area contributed by atoms with Crippen molar-refractivity contribution < 1.29 is 49.3 Å². The third kappa shape index (κ3) is 3.06. The Morgan fingerprint density at radius 2 is 1.69 bits per heavy atom. The summed E-state index contributed by atoms with van der Waals surface area (Å²) in [5, 5.41) is 58.3. The minimum atomic E-state index is -2.28. The summed E-state index contributed by atoms with van der Waals surface area (Å²) < 4.78 is 25.7. The van der Waals surface area contributed by atoms with Crippen molar-refractivity contribution in [3.05, 3.63) is 48.0 Å². The lowest BCUT2D eigenvalue weighted by atomic mass is 9.52. The van der Waals surface area contributed by atoms with Gasteiger partial charge in [-0.25, -0.2) is 4.79 Å². The maximum Gasteiger partial charge on any atom is 0.338 e. The Kier molecular flexibility index (Phi) is 5.67. The van der Waals surface area contributed by atoms with E-state index in [1.807, 2.05) is 0 Å². The number of carbonyl (C=O) groups excluding carboxylic acids is 1. The van der Waals surface area contributed by atoms with E-state index in [0.29, 0.717) is 11.1 Å². The summed E-state index contributed by atoms with van der Waals surface area (Å²) in [5.41, 5.74) is -6.82. The molecule has 3 aliphatic carbocycles. The molecular weight excluding hydrogens is 508 g/mol. The Bertz CT molecular complexity index is 1200. The molecule has 0 amide bonds. The van der Waals surface area contributed by atoms with Gasteiger partial charge in [-0.15, -0.1) is 0 Å². The van der Waals surface area contributed by atoms with Crippen molar-refractivity contribution in [2.75, 3.05) is 0 Å². The maximum atomic E-state index is 13.4. The number of ether oxygens (including phenoxy) is 4. The van der Waals surface area contributed by atoms with Crippen LogP contribution in [0.2, 0.25) is 0 Å². The summed E-state index contributed by atoms with van der Waals surface area (Å²) >= 11 is 0. The minimum absolute atomic E-state index is 0.195. The van der Waals surface area contributed by atoms with Crippen molar-refractivity contribution in [1.82, 2.24) is 0 Å². The molecule has 14 unspecified atom stereocenters. The fourth-order valence-electron chi connectivity index (χ4n) is 8.74. The molecule has 5 N–H and O–H groups in total. The molecule has 3 saturated carbocycles. The molecule has 0 radical (unpaired) electrons. The van der Waals surface area contributed by atoms with Gasteiger partial charge in [0.25, 0.3) is 5.97 Å². The van der Waals surface area contributed by atoms with Crippen molar-refractivity contribution in [2.45, 2.75) is 99.9 Å². The predicted molar refractivity (Wildman–Crippen MR) is 135 cm³/mol. The lowest BCUT2D eigenvalue weighted by molar-refractivity contribution is -0.429. The second-order valence-electron chi connectivity index (χ2n) is 12.7. The van der Waals surface area contributed by atoms with Crippen LogP contribution in [-0.2, 0) is 18.9 Å². The van der Waals surface area contributed by atoms with Crippen LogP contribution in [0.15, 0.2) is 42.5 Å². The molecule has 39 heavy (non-hydrogen) atoms. The fourth-order valence-corrected chi connectivity index (χ4v) is 8.74. The fraction of sp³-hybridized carbons (Fsp3) is 0.690. The average Bonchev–Trinajstić information content (AvgIpc) is 3.25. The van der Waals surface area contributed by atoms with Crippen LogP contribution in [0, 0.1) is 23.7 Å². The monoisotopic (exact) mass is 546 g/mol. The number of carbonyl (C=O) groups is 1. The standard InChI is InChI=1S/C29H38O10/c1-13(2)28-21(36-23(32)16-10-8-7-9-11-16)15(4)29-17-12-14(3)19(30)27(17,35)24(33)25(5,34)20(31)18(29)22(28)37-26(6,38-28)39-29/h7-11,14-15,17-22,24,30-31,33-35H,1,12H2,2-6H3. The van der Waals surface area contributed by atoms with Crippen LogP contribution >= 0.6 is 0 Å². The van der Waals surface area contributed by atoms with Gasteiger partial charge in [-0.05, 0) is 43.9 Å². The zero-order chi connectivity index (χ0) is 28.5. The Hall–Kier alpha value is -1.89. The summed E-state index contributed by atoms with van der Waals surface area (Å²) in [6, 6.07) is 8.47. The molecule has 0 aromatic heterocycles. The first-order chi connectivity index (χ1) is 18.1. The number of aliphatic hydroxyl groups excluding tert-OH is 3. The maximum absolute atomic E-state index is 13.4. The Labute approximate surface area is 227 Å². The molecule has 10 heteroatoms. The largest absolute Gasteiger partial charge is 0.455 e. The van der Waals surface area contributed by atoms with Crippen molar-refractivity contribution in [3.63, 3.8) is 0 Å². The van der Waals surface area contributed by atoms with Gasteiger partial charge in [0.2, 0.25) is 0 Å². The first kappa shape index (κ1) is 27.3. The summed E-state index contributed by atoms with van der Waals surface area (Å²) in [7, 11) is 0. The van der Waals surface area contributed by atoms with E-state index in [9.17, 15) is 30.3 Å². The van der Waals surface area contributed by atoms with Crippen molar-refractivity contribution in [3.8, 4) is 0 Å². The van der Waals surface area contributed by atoms with Gasteiger partial charge in [0, 0.05) is 24.7 Å². The highest BCUT2D eigenvalue weighted by molar-refractivity contribution is 5.89. The molecule has 2 aliphatic heterocycles. The third-order valence-electron chi connectivity index (χ3n) is 10.5. The summed E-state index contributed by atoms with van der Waals surface area (Å²) in [4.78, 5) is 13.4. The zero-order valence-electron chi connectivity index (χ0n) is 22.8. The first-order valence-corrected chi connectivity index (χ1v) is 13.6. The molecule has 1 aromatic rings. The molecule has 6 rings (SSSR count). The number of benzene rings is 1. The van der Waals surface area contributed by atoms with Crippen LogP contribution in [-0.4, -0.2) is 90.4 Å². The molecule has 214 valence electrons. The highest BCUT2D eigenvalue weighted by Crippen LogP contribution is 2.70. The quantitative estimate of drug-likeness (QED) is 0.273. The molecule has 14 atom stereocenters. The lowest BCUT2D eigenvalue weighted by Gasteiger charge is -2.62. The normalized spacial score (nSPS) is 55.5. The lowest BCUT2D eigenvalue weighted by Crippen LogP contribution is -2.77. The van der Waals surface area contributed by atoms with Gasteiger partial charge in [-0.2, -0.15) is 0 Å². The average molecular weight is 547 g/mol. The molecule has 10 nitrogen and oxygen atoms in total. The Morgan fingerprint density at radius 1 is 1.05 bits per heavy atom. The van der Waals surface area contributed by atoms with E-state index in [1.54, 1.807) is 58.0 Å². The van der Waals surface area contributed by atoms with Crippen LogP contribution in [0.3, 0.4) is 0 Å². The Balaban J connectivity index is 1.60. The number of fused-ring (bicyclic) bond motifs is 2. The zero-order valence-corrected chi connectivity index (χ0v) is 22.8. The minimum Gasteiger partial charge on any atom is -0.455 e. The molecule has 1 aromatic carbocycles. The van der Waals surface area contributed by atoms with Crippen LogP contribution in [0.25, 0.3) is 0 Å². The van der Waals surface area contributed by atoms with Crippen LogP contribution < -0.4 is 0 Å². The third-order valence-corrected chi connectivity index (χ3v) is 10.5. The van der Waals surface area contributed by atoms with Gasteiger partial charge in [0.05, 0.1) is 23.4 Å². The van der Waals surface area contributed by atoms with Crippen molar-refractivity contribution in [1.29, 1.82) is 0 Å². The SMILES string of the molecule is C=C(C)C12OC3(C)OC1C1C(O)C(C)(O)C(O)C4(O)C(O)C(C)CC4C1(O3)C(C)C2OC(=O)c1ccccc1. The van der Waals surface area contributed by atoms with Crippen LogP contribution in [0.4, 0.5) is 0 Å². The number of aliphatic hydroxyl groups is 5. The number of rotatable bonds is 3. The molecule has 5 fully saturated rings. The van der Waals surface area contributed by atoms with Crippen molar-refractivity contribution in [2.24, 2.45) is 23.7 Å². The highest BCUT2D eigenvalue weighted by atomic mass is 16.9. The van der Waals surface area contributed by atoms with E-state index in [-0.39, 0.29) is 6.42 Å². The summed E-state index contributed by atoms with van der Waals surface area (Å²) in [6.45, 7) is 12.2. The second-order valence-corrected chi connectivity index (χ2v) is 12.7. The second kappa shape index (κ2) is 8.10. The van der Waals surface area contributed by atoms with E-state index in [0.717, 1.165) is 0 Å². The van der Waals surface area contributed by atoms with Gasteiger partial charge in [0.1, 0.15) is 29.5 Å². The van der Waals surface area contributed by atoms with Gasteiger partial charge < -0.3 is 44.5 Å². The Morgan fingerprint density at radius 3 is 2.31 bits per heavy atom. The molecule has 2 saturated heterocycles. The van der Waals surface area contributed by atoms with E-state index >= 15 is 0 Å². The molecule has 3 bridgehead atoms. The first-order valence-electron chi connectivity index (χ1n) is 13.6. The molecule has 5 aliphatic rings. The predicted octanol–water partition coefficient (Wildman–Crippen LogP) is 0.885.